The van der Waals surface area contributed by atoms with Gasteiger partial charge in [0.15, 0.2) is 0 Å². The van der Waals surface area contributed by atoms with Gasteiger partial charge in [0.2, 0.25) is 0 Å². The maximum Gasteiger partial charge on any atom is 0.324 e. The first-order chi connectivity index (χ1) is 7.15. The fourth-order valence-corrected chi connectivity index (χ4v) is 1.65. The van der Waals surface area contributed by atoms with E-state index in [4.69, 9.17) is 15.2 Å². The topological polar surface area (TPSA) is 64.8 Å². The van der Waals surface area contributed by atoms with E-state index in [9.17, 15) is 4.79 Å². The van der Waals surface area contributed by atoms with Crippen molar-refractivity contribution in [3.63, 3.8) is 0 Å². The third-order valence-electron chi connectivity index (χ3n) is 2.60. The molecule has 1 fully saturated rings. The van der Waals surface area contributed by atoms with E-state index in [2.05, 4.69) is 4.90 Å². The Morgan fingerprint density at radius 2 is 2.47 bits per heavy atom. The lowest BCUT2D eigenvalue weighted by atomic mass is 10.2. The fraction of sp³-hybridized carbons (Fsp3) is 0.900. The highest BCUT2D eigenvalue weighted by Gasteiger charge is 2.24. The summed E-state index contributed by atoms with van der Waals surface area (Å²) >= 11 is 0. The lowest BCUT2D eigenvalue weighted by Crippen LogP contribution is -2.46. The summed E-state index contributed by atoms with van der Waals surface area (Å²) in [6, 6.07) is -0.180. The number of carbonyl (C=O) groups excluding carboxylic acids is 1. The summed E-state index contributed by atoms with van der Waals surface area (Å²) < 4.78 is 10.1. The lowest BCUT2D eigenvalue weighted by molar-refractivity contribution is -0.145. The van der Waals surface area contributed by atoms with Crippen LogP contribution in [0.2, 0.25) is 0 Å². The average molecular weight is 216 g/mol. The first kappa shape index (κ1) is 12.4. The van der Waals surface area contributed by atoms with E-state index in [1.54, 1.807) is 6.92 Å². The number of ether oxygens (including phenoxy) is 2. The third kappa shape index (κ3) is 3.77. The summed E-state index contributed by atoms with van der Waals surface area (Å²) in [5.41, 5.74) is 5.71. The molecule has 0 amide bonds. The molecular weight excluding hydrogens is 196 g/mol. The van der Waals surface area contributed by atoms with E-state index < -0.39 is 6.04 Å². The predicted molar refractivity (Wildman–Crippen MR) is 56.5 cm³/mol. The summed E-state index contributed by atoms with van der Waals surface area (Å²) in [7, 11) is 1.96. The first-order valence-corrected chi connectivity index (χ1v) is 5.35. The first-order valence-electron chi connectivity index (χ1n) is 5.35. The van der Waals surface area contributed by atoms with Gasteiger partial charge in [-0.3, -0.25) is 9.69 Å². The Kier molecular flexibility index (Phi) is 5.01. The average Bonchev–Trinajstić information content (AvgIpc) is 2.70. The van der Waals surface area contributed by atoms with Crippen molar-refractivity contribution in [2.75, 3.05) is 33.4 Å². The van der Waals surface area contributed by atoms with E-state index in [0.29, 0.717) is 19.2 Å². The molecule has 0 radical (unpaired) electrons. The molecule has 0 spiro atoms. The molecule has 5 nitrogen and oxygen atoms in total. The molecule has 5 heteroatoms. The van der Waals surface area contributed by atoms with Gasteiger partial charge in [-0.25, -0.2) is 0 Å². The second-order valence-corrected chi connectivity index (χ2v) is 3.82. The van der Waals surface area contributed by atoms with Crippen LogP contribution in [0.25, 0.3) is 0 Å². The standard InChI is InChI=1S/C10H20N2O3/c1-3-15-10(13)9(11)6-12(2)8-4-5-14-7-8/h8-9H,3-7,11H2,1-2H3. The van der Waals surface area contributed by atoms with E-state index in [-0.39, 0.29) is 5.97 Å². The highest BCUT2D eigenvalue weighted by atomic mass is 16.5. The molecule has 1 aliphatic heterocycles. The van der Waals surface area contributed by atoms with Crippen molar-refractivity contribution in [2.45, 2.75) is 25.4 Å². The van der Waals surface area contributed by atoms with Gasteiger partial charge < -0.3 is 15.2 Å². The van der Waals surface area contributed by atoms with Gasteiger partial charge in [-0.05, 0) is 20.4 Å². The summed E-state index contributed by atoms with van der Waals surface area (Å²) in [4.78, 5) is 13.4. The Balaban J connectivity index is 2.29. The van der Waals surface area contributed by atoms with E-state index in [1.807, 2.05) is 7.05 Å². The molecular formula is C10H20N2O3. The molecule has 0 aromatic heterocycles. The molecule has 0 aromatic carbocycles. The molecule has 2 unspecified atom stereocenters. The molecule has 2 atom stereocenters. The smallest absolute Gasteiger partial charge is 0.324 e. The second kappa shape index (κ2) is 6.05. The zero-order chi connectivity index (χ0) is 11.3. The van der Waals surface area contributed by atoms with E-state index in [0.717, 1.165) is 19.6 Å². The number of hydrogen-bond donors (Lipinski definition) is 1. The van der Waals surface area contributed by atoms with Crippen LogP contribution in [0.15, 0.2) is 0 Å². The maximum absolute atomic E-state index is 11.3. The highest BCUT2D eigenvalue weighted by molar-refractivity contribution is 5.75. The molecule has 1 aliphatic rings. The number of carbonyl (C=O) groups is 1. The van der Waals surface area contributed by atoms with Crippen LogP contribution < -0.4 is 5.73 Å². The molecule has 1 saturated heterocycles. The molecule has 0 aliphatic carbocycles. The number of rotatable bonds is 5. The number of likely N-dealkylation sites (N-methyl/N-ethyl adjacent to an activating group) is 1. The molecule has 2 N–H and O–H groups in total. The number of hydrogen-bond acceptors (Lipinski definition) is 5. The van der Waals surface area contributed by atoms with Gasteiger partial charge in [-0.15, -0.1) is 0 Å². The zero-order valence-corrected chi connectivity index (χ0v) is 9.44. The minimum Gasteiger partial charge on any atom is -0.465 e. The van der Waals surface area contributed by atoms with Crippen LogP contribution in [-0.4, -0.2) is 56.4 Å². The molecule has 1 rings (SSSR count). The van der Waals surface area contributed by atoms with E-state index in [1.165, 1.54) is 0 Å². The van der Waals surface area contributed by atoms with Crippen molar-refractivity contribution < 1.29 is 14.3 Å². The SMILES string of the molecule is CCOC(=O)C(N)CN(C)C1CCOC1. The Hall–Kier alpha value is -0.650. The summed E-state index contributed by atoms with van der Waals surface area (Å²) in [6.07, 6.45) is 1.01. The minimum atomic E-state index is -0.560. The van der Waals surface area contributed by atoms with Crippen LogP contribution in [0.4, 0.5) is 0 Å². The zero-order valence-electron chi connectivity index (χ0n) is 9.44. The Morgan fingerprint density at radius 3 is 3.00 bits per heavy atom. The number of esters is 1. The van der Waals surface area contributed by atoms with Gasteiger partial charge >= 0.3 is 5.97 Å². The largest absolute Gasteiger partial charge is 0.465 e. The van der Waals surface area contributed by atoms with Crippen molar-refractivity contribution in [3.8, 4) is 0 Å². The summed E-state index contributed by atoms with van der Waals surface area (Å²) in [6.45, 7) is 4.20. The monoisotopic (exact) mass is 216 g/mol. The van der Waals surface area contributed by atoms with Crippen LogP contribution in [0, 0.1) is 0 Å². The van der Waals surface area contributed by atoms with Gasteiger partial charge in [0.25, 0.3) is 0 Å². The van der Waals surface area contributed by atoms with Gasteiger partial charge in [0.1, 0.15) is 6.04 Å². The van der Waals surface area contributed by atoms with E-state index >= 15 is 0 Å². The molecule has 0 aromatic rings. The van der Waals surface area contributed by atoms with Crippen molar-refractivity contribution in [2.24, 2.45) is 5.73 Å². The highest BCUT2D eigenvalue weighted by Crippen LogP contribution is 2.10. The number of nitrogens with zero attached hydrogens (tertiary/aromatic N) is 1. The molecule has 0 bridgehead atoms. The molecule has 15 heavy (non-hydrogen) atoms. The van der Waals surface area contributed by atoms with Gasteiger partial charge in [-0.1, -0.05) is 0 Å². The van der Waals surface area contributed by atoms with Crippen molar-refractivity contribution >= 4 is 5.97 Å². The van der Waals surface area contributed by atoms with Gasteiger partial charge in [0.05, 0.1) is 13.2 Å². The number of nitrogens with two attached hydrogens (primary N) is 1. The Labute approximate surface area is 90.5 Å². The Bertz CT molecular complexity index is 205. The quantitative estimate of drug-likeness (QED) is 0.633. The lowest BCUT2D eigenvalue weighted by Gasteiger charge is -2.25. The second-order valence-electron chi connectivity index (χ2n) is 3.82. The predicted octanol–water partition coefficient (Wildman–Crippen LogP) is -0.402. The van der Waals surface area contributed by atoms with Crippen LogP contribution in [0.3, 0.4) is 0 Å². The molecule has 0 saturated carbocycles. The normalized spacial score (nSPS) is 23.1. The van der Waals surface area contributed by atoms with Crippen LogP contribution in [0.5, 0.6) is 0 Å². The Morgan fingerprint density at radius 1 is 1.73 bits per heavy atom. The third-order valence-corrected chi connectivity index (χ3v) is 2.60. The van der Waals surface area contributed by atoms with Crippen LogP contribution >= 0.6 is 0 Å². The molecule has 1 heterocycles. The van der Waals surface area contributed by atoms with Crippen molar-refractivity contribution in [1.29, 1.82) is 0 Å². The minimum absolute atomic E-state index is 0.330. The van der Waals surface area contributed by atoms with Crippen LogP contribution in [0.1, 0.15) is 13.3 Å². The van der Waals surface area contributed by atoms with Gasteiger partial charge in [-0.2, -0.15) is 0 Å². The summed E-state index contributed by atoms with van der Waals surface area (Å²) in [5.74, 6) is -0.330. The van der Waals surface area contributed by atoms with Crippen LogP contribution in [-0.2, 0) is 14.3 Å². The molecule has 88 valence electrons. The summed E-state index contributed by atoms with van der Waals surface area (Å²) in [5, 5.41) is 0. The van der Waals surface area contributed by atoms with Crippen molar-refractivity contribution in [3.05, 3.63) is 0 Å². The fourth-order valence-electron chi connectivity index (χ4n) is 1.65. The maximum atomic E-state index is 11.3. The van der Waals surface area contributed by atoms with Crippen molar-refractivity contribution in [1.82, 2.24) is 4.90 Å². The van der Waals surface area contributed by atoms with Gasteiger partial charge in [0, 0.05) is 19.2 Å².